The highest BCUT2D eigenvalue weighted by molar-refractivity contribution is 5.03. The monoisotopic (exact) mass is 154 g/mol. The van der Waals surface area contributed by atoms with Crippen molar-refractivity contribution in [2.45, 2.75) is 52.5 Å². The molecule has 0 aromatic carbocycles. The molecule has 11 heavy (non-hydrogen) atoms. The van der Waals surface area contributed by atoms with Gasteiger partial charge in [-0.05, 0) is 37.0 Å². The second-order valence-electron chi connectivity index (χ2n) is 4.69. The highest BCUT2D eigenvalue weighted by Gasteiger charge is 2.28. The van der Waals surface area contributed by atoms with E-state index in [4.69, 9.17) is 5.73 Å². The van der Waals surface area contributed by atoms with Crippen LogP contribution in [0.15, 0.2) is 0 Å². The molecule has 0 aromatic rings. The lowest BCUT2D eigenvalue weighted by molar-refractivity contribution is 0.325. The molecule has 0 amide bonds. The Labute approximate surface area is 70.4 Å². The van der Waals surface area contributed by atoms with Crippen molar-refractivity contribution in [2.75, 3.05) is 0 Å². The molecule has 0 aliphatic heterocycles. The van der Waals surface area contributed by atoms with Crippen LogP contribution in [0.4, 0.5) is 0 Å². The molecule has 1 nitrogen and oxygen atoms in total. The Hall–Kier alpha value is -0.0400. The molecule has 0 saturated heterocycles. The van der Waals surface area contributed by atoms with Crippen LogP contribution in [-0.2, 0) is 0 Å². The van der Waals surface area contributed by atoms with Gasteiger partial charge in [0.25, 0.3) is 0 Å². The van der Waals surface area contributed by atoms with Gasteiger partial charge >= 0.3 is 0 Å². The van der Waals surface area contributed by atoms with Crippen LogP contribution < -0.4 is 5.73 Å². The summed E-state index contributed by atoms with van der Waals surface area (Å²) >= 11 is 0. The zero-order valence-electron chi connectivity index (χ0n) is 7.98. The normalized spacial score (nSPS) is 24.0. The highest BCUT2D eigenvalue weighted by atomic mass is 14.6. The lowest BCUT2D eigenvalue weighted by Gasteiger charge is -2.35. The molecule has 1 radical (unpaired) electrons. The van der Waals surface area contributed by atoms with Gasteiger partial charge in [0.05, 0.1) is 0 Å². The molecule has 1 fully saturated rings. The maximum atomic E-state index is 5.83. The zero-order valence-corrected chi connectivity index (χ0v) is 7.98. The first-order chi connectivity index (χ1) is 5.00. The van der Waals surface area contributed by atoms with Crippen molar-refractivity contribution in [3.63, 3.8) is 0 Å². The third-order valence-electron chi connectivity index (χ3n) is 2.69. The van der Waals surface area contributed by atoms with Crippen LogP contribution in [0.1, 0.15) is 46.5 Å². The maximum Gasteiger partial charge on any atom is 0.00392 e. The molecule has 1 aliphatic carbocycles. The Morgan fingerprint density at radius 2 is 1.64 bits per heavy atom. The van der Waals surface area contributed by atoms with E-state index in [9.17, 15) is 0 Å². The Morgan fingerprint density at radius 3 is 2.00 bits per heavy atom. The first-order valence-corrected chi connectivity index (χ1v) is 4.61. The predicted molar refractivity (Wildman–Crippen MR) is 49.1 cm³/mol. The van der Waals surface area contributed by atoms with Crippen molar-refractivity contribution < 1.29 is 0 Å². The summed E-state index contributed by atoms with van der Waals surface area (Å²) in [6.45, 7) is 6.91. The molecule has 65 valence electrons. The van der Waals surface area contributed by atoms with Crippen LogP contribution in [0, 0.1) is 11.3 Å². The summed E-state index contributed by atoms with van der Waals surface area (Å²) in [5.41, 5.74) is 6.24. The predicted octanol–water partition coefficient (Wildman–Crippen LogP) is 2.51. The van der Waals surface area contributed by atoms with Crippen LogP contribution in [0.25, 0.3) is 0 Å². The van der Waals surface area contributed by atoms with E-state index in [0.717, 1.165) is 0 Å². The molecule has 0 bridgehead atoms. The number of rotatable bonds is 0. The van der Waals surface area contributed by atoms with Crippen LogP contribution in [0.2, 0.25) is 0 Å². The Bertz CT molecular complexity index is 115. The molecule has 0 atom stereocenters. The molecular weight excluding hydrogens is 134 g/mol. The standard InChI is InChI=1S/C10H20N/c1-10(2,3)8-4-6-9(11)7-5-8/h9H,4-7,11H2,1-3H3. The lowest BCUT2D eigenvalue weighted by atomic mass is 9.71. The first kappa shape index (κ1) is 9.05. The van der Waals surface area contributed by atoms with E-state index < -0.39 is 0 Å². The molecular formula is C10H20N. The van der Waals surface area contributed by atoms with Crippen molar-refractivity contribution in [2.24, 2.45) is 11.1 Å². The van der Waals surface area contributed by atoms with Gasteiger partial charge in [-0.25, -0.2) is 0 Å². The van der Waals surface area contributed by atoms with E-state index in [1.54, 1.807) is 5.92 Å². The Balaban J connectivity index is 2.39. The average Bonchev–Trinajstić information content (AvgIpc) is 1.86. The van der Waals surface area contributed by atoms with Crippen molar-refractivity contribution in [1.29, 1.82) is 0 Å². The molecule has 2 N–H and O–H groups in total. The van der Waals surface area contributed by atoms with Crippen LogP contribution >= 0.6 is 0 Å². The van der Waals surface area contributed by atoms with Crippen molar-refractivity contribution in [1.82, 2.24) is 0 Å². The number of nitrogens with two attached hydrogens (primary N) is 1. The van der Waals surface area contributed by atoms with Gasteiger partial charge in [-0.2, -0.15) is 0 Å². The number of hydrogen-bond donors (Lipinski definition) is 1. The topological polar surface area (TPSA) is 26.0 Å². The summed E-state index contributed by atoms with van der Waals surface area (Å²) in [7, 11) is 0. The van der Waals surface area contributed by atoms with E-state index in [1.807, 2.05) is 0 Å². The van der Waals surface area contributed by atoms with Gasteiger partial charge in [-0.15, -0.1) is 0 Å². The van der Waals surface area contributed by atoms with Crippen molar-refractivity contribution in [3.05, 3.63) is 5.92 Å². The van der Waals surface area contributed by atoms with E-state index in [1.165, 1.54) is 25.7 Å². The van der Waals surface area contributed by atoms with Gasteiger partial charge in [0.15, 0.2) is 0 Å². The van der Waals surface area contributed by atoms with Gasteiger partial charge in [0, 0.05) is 6.04 Å². The van der Waals surface area contributed by atoms with Gasteiger partial charge in [-0.3, -0.25) is 0 Å². The zero-order chi connectivity index (χ0) is 8.48. The van der Waals surface area contributed by atoms with Crippen LogP contribution in [-0.4, -0.2) is 6.04 Å². The Kier molecular flexibility index (Phi) is 2.58. The minimum Gasteiger partial charge on any atom is -0.328 e. The fourth-order valence-electron chi connectivity index (χ4n) is 1.74. The summed E-state index contributed by atoms with van der Waals surface area (Å²) in [4.78, 5) is 0. The van der Waals surface area contributed by atoms with Crippen molar-refractivity contribution >= 4 is 0 Å². The van der Waals surface area contributed by atoms with Crippen LogP contribution in [0.5, 0.6) is 0 Å². The van der Waals surface area contributed by atoms with Crippen molar-refractivity contribution in [3.8, 4) is 0 Å². The van der Waals surface area contributed by atoms with Gasteiger partial charge in [0.1, 0.15) is 0 Å². The smallest absolute Gasteiger partial charge is 0.00392 e. The van der Waals surface area contributed by atoms with E-state index in [2.05, 4.69) is 20.8 Å². The third-order valence-corrected chi connectivity index (χ3v) is 2.69. The Morgan fingerprint density at radius 1 is 1.18 bits per heavy atom. The summed E-state index contributed by atoms with van der Waals surface area (Å²) in [6, 6.07) is 0.473. The van der Waals surface area contributed by atoms with E-state index >= 15 is 0 Å². The molecule has 1 heteroatoms. The minimum absolute atomic E-state index is 0.417. The quantitative estimate of drug-likeness (QED) is 0.570. The SMILES string of the molecule is CC(C)(C)[C]1CCC(N)CC1. The first-order valence-electron chi connectivity index (χ1n) is 4.61. The van der Waals surface area contributed by atoms with Gasteiger partial charge < -0.3 is 5.73 Å². The summed E-state index contributed by atoms with van der Waals surface area (Å²) < 4.78 is 0. The third kappa shape index (κ3) is 2.48. The van der Waals surface area contributed by atoms with Gasteiger partial charge in [0.2, 0.25) is 0 Å². The molecule has 1 rings (SSSR count). The maximum absolute atomic E-state index is 5.83. The molecule has 1 aliphatic rings. The average molecular weight is 154 g/mol. The summed E-state index contributed by atoms with van der Waals surface area (Å²) in [5, 5.41) is 0. The van der Waals surface area contributed by atoms with E-state index in [0.29, 0.717) is 11.5 Å². The summed E-state index contributed by atoms with van der Waals surface area (Å²) in [6.07, 6.45) is 4.91. The van der Waals surface area contributed by atoms with Crippen LogP contribution in [0.3, 0.4) is 0 Å². The molecule has 0 unspecified atom stereocenters. The second kappa shape index (κ2) is 3.14. The molecule has 0 spiro atoms. The minimum atomic E-state index is 0.417. The lowest BCUT2D eigenvalue weighted by Crippen LogP contribution is -2.30. The van der Waals surface area contributed by atoms with Gasteiger partial charge in [-0.1, -0.05) is 20.8 Å². The molecule has 0 heterocycles. The summed E-state index contributed by atoms with van der Waals surface area (Å²) in [5.74, 6) is 1.71. The van der Waals surface area contributed by atoms with E-state index in [-0.39, 0.29) is 0 Å². The molecule has 1 saturated carbocycles. The highest BCUT2D eigenvalue weighted by Crippen LogP contribution is 2.38. The second-order valence-corrected chi connectivity index (χ2v) is 4.69. The fraction of sp³-hybridized carbons (Fsp3) is 0.900. The fourth-order valence-corrected chi connectivity index (χ4v) is 1.74. The number of hydrogen-bond acceptors (Lipinski definition) is 1. The molecule has 0 aromatic heterocycles. The largest absolute Gasteiger partial charge is 0.328 e.